The quantitative estimate of drug-likeness (QED) is 0.863. The van der Waals surface area contributed by atoms with Crippen molar-refractivity contribution < 1.29 is 9.59 Å². The van der Waals surface area contributed by atoms with Crippen LogP contribution in [0.5, 0.6) is 0 Å². The van der Waals surface area contributed by atoms with Gasteiger partial charge in [0.15, 0.2) is 0 Å². The summed E-state index contributed by atoms with van der Waals surface area (Å²) in [6.07, 6.45) is 1.56. The number of hydrogen-bond donors (Lipinski definition) is 1. The number of likely N-dealkylation sites (tertiary alicyclic amines) is 1. The van der Waals surface area contributed by atoms with Gasteiger partial charge in [0.1, 0.15) is 6.04 Å². The highest BCUT2D eigenvalue weighted by Crippen LogP contribution is 2.19. The van der Waals surface area contributed by atoms with Gasteiger partial charge < -0.3 is 10.2 Å². The molecule has 2 rings (SSSR count). The van der Waals surface area contributed by atoms with Gasteiger partial charge in [-0.1, -0.05) is 29.8 Å². The van der Waals surface area contributed by atoms with Crippen LogP contribution in [0.2, 0.25) is 0 Å². The molecule has 0 aliphatic carbocycles. The SMILES string of the molecule is Cc1cccc([C@H](C(=O)NCCN2CCCC2=O)N(C)C)c1. The Labute approximate surface area is 132 Å². The van der Waals surface area contributed by atoms with Crippen LogP contribution < -0.4 is 5.32 Å². The Morgan fingerprint density at radius 1 is 1.41 bits per heavy atom. The molecule has 0 unspecified atom stereocenters. The standard InChI is InChI=1S/C17H25N3O2/c1-13-6-4-7-14(12-13)16(19(2)3)17(22)18-9-11-20-10-5-8-15(20)21/h4,6-7,12,16H,5,8-11H2,1-3H3,(H,18,22)/t16-/m1/s1. The molecule has 0 bridgehead atoms. The van der Waals surface area contributed by atoms with Crippen molar-refractivity contribution in [3.05, 3.63) is 35.4 Å². The van der Waals surface area contributed by atoms with Crippen molar-refractivity contribution in [1.29, 1.82) is 0 Å². The third kappa shape index (κ3) is 4.07. The number of benzene rings is 1. The summed E-state index contributed by atoms with van der Waals surface area (Å²) in [6, 6.07) is 7.69. The number of carbonyl (C=O) groups excluding carboxylic acids is 2. The monoisotopic (exact) mass is 303 g/mol. The Bertz CT molecular complexity index is 542. The molecular formula is C17H25N3O2. The van der Waals surface area contributed by atoms with E-state index in [-0.39, 0.29) is 17.9 Å². The van der Waals surface area contributed by atoms with Crippen LogP contribution in [0.1, 0.15) is 30.0 Å². The average molecular weight is 303 g/mol. The smallest absolute Gasteiger partial charge is 0.242 e. The van der Waals surface area contributed by atoms with Crippen molar-refractivity contribution in [2.24, 2.45) is 0 Å². The van der Waals surface area contributed by atoms with Crippen LogP contribution in [-0.4, -0.2) is 55.3 Å². The summed E-state index contributed by atoms with van der Waals surface area (Å²) in [5.41, 5.74) is 2.12. The second kappa shape index (κ2) is 7.40. The predicted molar refractivity (Wildman–Crippen MR) is 86.4 cm³/mol. The van der Waals surface area contributed by atoms with Gasteiger partial charge in [0.2, 0.25) is 11.8 Å². The van der Waals surface area contributed by atoms with Crippen LogP contribution in [0.25, 0.3) is 0 Å². The zero-order chi connectivity index (χ0) is 16.1. The number of carbonyl (C=O) groups is 2. The number of likely N-dealkylation sites (N-methyl/N-ethyl adjacent to an activating group) is 1. The molecule has 5 nitrogen and oxygen atoms in total. The number of amides is 2. The molecule has 1 aliphatic heterocycles. The molecule has 1 heterocycles. The summed E-state index contributed by atoms with van der Waals surface area (Å²) in [5.74, 6) is 0.166. The van der Waals surface area contributed by atoms with E-state index in [4.69, 9.17) is 0 Å². The van der Waals surface area contributed by atoms with E-state index in [1.54, 1.807) is 0 Å². The van der Waals surface area contributed by atoms with Crippen LogP contribution in [0.3, 0.4) is 0 Å². The van der Waals surface area contributed by atoms with Gasteiger partial charge in [-0.25, -0.2) is 0 Å². The Hall–Kier alpha value is -1.88. The normalized spacial score (nSPS) is 16.2. The minimum atomic E-state index is -0.311. The minimum absolute atomic E-state index is 0.0257. The van der Waals surface area contributed by atoms with Crippen LogP contribution in [0.4, 0.5) is 0 Å². The zero-order valence-electron chi connectivity index (χ0n) is 13.6. The van der Waals surface area contributed by atoms with E-state index in [9.17, 15) is 9.59 Å². The van der Waals surface area contributed by atoms with E-state index >= 15 is 0 Å². The maximum atomic E-state index is 12.5. The molecule has 22 heavy (non-hydrogen) atoms. The third-order valence-corrected chi connectivity index (χ3v) is 3.97. The maximum absolute atomic E-state index is 12.5. The molecular weight excluding hydrogens is 278 g/mol. The Balaban J connectivity index is 1.94. The highest BCUT2D eigenvalue weighted by atomic mass is 16.2. The Morgan fingerprint density at radius 3 is 2.77 bits per heavy atom. The molecule has 1 aliphatic rings. The van der Waals surface area contributed by atoms with Gasteiger partial charge in [-0.05, 0) is 33.0 Å². The van der Waals surface area contributed by atoms with Crippen LogP contribution in [0.15, 0.2) is 24.3 Å². The summed E-state index contributed by atoms with van der Waals surface area (Å²) < 4.78 is 0. The summed E-state index contributed by atoms with van der Waals surface area (Å²) >= 11 is 0. The van der Waals surface area contributed by atoms with Gasteiger partial charge in [0.05, 0.1) is 0 Å². The molecule has 0 spiro atoms. The fourth-order valence-electron chi connectivity index (χ4n) is 2.88. The number of nitrogens with one attached hydrogen (secondary N) is 1. The molecule has 1 atom stereocenters. The first-order valence-corrected chi connectivity index (χ1v) is 7.77. The molecule has 2 amide bonds. The van der Waals surface area contributed by atoms with E-state index in [0.29, 0.717) is 19.5 Å². The van der Waals surface area contributed by atoms with Gasteiger partial charge >= 0.3 is 0 Å². The average Bonchev–Trinajstić information content (AvgIpc) is 2.84. The largest absolute Gasteiger partial charge is 0.353 e. The molecule has 1 aromatic carbocycles. The molecule has 120 valence electrons. The topological polar surface area (TPSA) is 52.7 Å². The Kier molecular flexibility index (Phi) is 5.55. The molecule has 1 saturated heterocycles. The first-order valence-electron chi connectivity index (χ1n) is 7.77. The van der Waals surface area contributed by atoms with Crippen molar-refractivity contribution in [2.45, 2.75) is 25.8 Å². The molecule has 1 aromatic rings. The van der Waals surface area contributed by atoms with E-state index in [1.807, 2.05) is 55.1 Å². The van der Waals surface area contributed by atoms with E-state index < -0.39 is 0 Å². The minimum Gasteiger partial charge on any atom is -0.353 e. The zero-order valence-corrected chi connectivity index (χ0v) is 13.6. The Morgan fingerprint density at radius 2 is 2.18 bits per heavy atom. The van der Waals surface area contributed by atoms with Crippen molar-refractivity contribution in [1.82, 2.24) is 15.1 Å². The van der Waals surface area contributed by atoms with Crippen molar-refractivity contribution in [2.75, 3.05) is 33.7 Å². The molecule has 0 aromatic heterocycles. The van der Waals surface area contributed by atoms with Gasteiger partial charge in [0, 0.05) is 26.1 Å². The van der Waals surface area contributed by atoms with Crippen molar-refractivity contribution in [3.8, 4) is 0 Å². The van der Waals surface area contributed by atoms with Gasteiger partial charge in [-0.15, -0.1) is 0 Å². The van der Waals surface area contributed by atoms with E-state index in [1.165, 1.54) is 0 Å². The lowest BCUT2D eigenvalue weighted by atomic mass is 10.0. The third-order valence-electron chi connectivity index (χ3n) is 3.97. The molecule has 1 fully saturated rings. The van der Waals surface area contributed by atoms with Crippen molar-refractivity contribution in [3.63, 3.8) is 0 Å². The number of nitrogens with zero attached hydrogens (tertiary/aromatic N) is 2. The van der Waals surface area contributed by atoms with Gasteiger partial charge in [0.25, 0.3) is 0 Å². The van der Waals surface area contributed by atoms with Crippen LogP contribution in [-0.2, 0) is 9.59 Å². The summed E-state index contributed by atoms with van der Waals surface area (Å²) in [5, 5.41) is 2.95. The van der Waals surface area contributed by atoms with Gasteiger partial charge in [-0.2, -0.15) is 0 Å². The lowest BCUT2D eigenvalue weighted by Crippen LogP contribution is -2.41. The summed E-state index contributed by atoms with van der Waals surface area (Å²) in [7, 11) is 3.80. The van der Waals surface area contributed by atoms with Crippen LogP contribution in [0, 0.1) is 6.92 Å². The van der Waals surface area contributed by atoms with Crippen LogP contribution >= 0.6 is 0 Å². The predicted octanol–water partition coefficient (Wildman–Crippen LogP) is 1.34. The number of rotatable bonds is 6. The molecule has 0 saturated carbocycles. The number of aryl methyl sites for hydroxylation is 1. The molecule has 1 N–H and O–H groups in total. The maximum Gasteiger partial charge on any atom is 0.242 e. The van der Waals surface area contributed by atoms with E-state index in [2.05, 4.69) is 5.32 Å². The first-order chi connectivity index (χ1) is 10.5. The second-order valence-corrected chi connectivity index (χ2v) is 6.06. The summed E-state index contributed by atoms with van der Waals surface area (Å²) in [4.78, 5) is 27.8. The van der Waals surface area contributed by atoms with E-state index in [0.717, 1.165) is 24.1 Å². The fourth-order valence-corrected chi connectivity index (χ4v) is 2.88. The number of hydrogen-bond acceptors (Lipinski definition) is 3. The fraction of sp³-hybridized carbons (Fsp3) is 0.529. The second-order valence-electron chi connectivity index (χ2n) is 6.06. The van der Waals surface area contributed by atoms with Crippen molar-refractivity contribution >= 4 is 11.8 Å². The molecule has 0 radical (unpaired) electrons. The highest BCUT2D eigenvalue weighted by Gasteiger charge is 2.24. The van der Waals surface area contributed by atoms with Gasteiger partial charge in [-0.3, -0.25) is 14.5 Å². The lowest BCUT2D eigenvalue weighted by molar-refractivity contribution is -0.129. The highest BCUT2D eigenvalue weighted by molar-refractivity contribution is 5.83. The lowest BCUT2D eigenvalue weighted by Gasteiger charge is -2.25. The first kappa shape index (κ1) is 16.5. The molecule has 5 heteroatoms. The summed E-state index contributed by atoms with van der Waals surface area (Å²) in [6.45, 7) is 3.93.